The van der Waals surface area contributed by atoms with Crippen molar-refractivity contribution in [2.45, 2.75) is 24.8 Å². The number of ether oxygens (including phenoxy) is 1. The maximum Gasteiger partial charge on any atom is 0.331 e. The zero-order valence-corrected chi connectivity index (χ0v) is 11.3. The molecule has 0 aliphatic heterocycles. The number of nitrogens with zero attached hydrogens (tertiary/aromatic N) is 4. The number of carboxylic acids is 1. The fraction of sp³-hybridized carbons (Fsp3) is 0.385. The largest absolute Gasteiger partial charge is 0.496 e. The van der Waals surface area contributed by atoms with Gasteiger partial charge in [0.1, 0.15) is 11.6 Å². The van der Waals surface area contributed by atoms with Gasteiger partial charge in [0.25, 0.3) is 0 Å². The first kappa shape index (κ1) is 13.5. The lowest BCUT2D eigenvalue weighted by Crippen LogP contribution is -2.48. The van der Waals surface area contributed by atoms with Gasteiger partial charge in [-0.15, -0.1) is 5.10 Å². The molecule has 1 aromatic heterocycles. The molecule has 0 bridgehead atoms. The van der Waals surface area contributed by atoms with E-state index in [1.807, 2.05) is 0 Å². The lowest BCUT2D eigenvalue weighted by Gasteiger charge is -2.37. The number of halogens is 1. The number of rotatable bonds is 4. The maximum atomic E-state index is 14.2. The molecule has 0 amide bonds. The molecule has 0 saturated heterocycles. The molecule has 8 heteroatoms. The van der Waals surface area contributed by atoms with Crippen molar-refractivity contribution in [3.05, 3.63) is 24.0 Å². The number of hydrogen-bond donors (Lipinski definition) is 1. The third-order valence-electron chi connectivity index (χ3n) is 3.87. The maximum absolute atomic E-state index is 14.2. The Labute approximate surface area is 119 Å². The molecule has 0 unspecified atom stereocenters. The van der Waals surface area contributed by atoms with Crippen molar-refractivity contribution in [1.82, 2.24) is 20.2 Å². The Kier molecular flexibility index (Phi) is 3.08. The third-order valence-corrected chi connectivity index (χ3v) is 3.87. The summed E-state index contributed by atoms with van der Waals surface area (Å²) in [5.74, 6) is -1.26. The van der Waals surface area contributed by atoms with Crippen LogP contribution in [0.2, 0.25) is 0 Å². The number of carbonyl (C=O) groups is 1. The molecule has 3 rings (SSSR count). The SMILES string of the molecule is COc1cccc(F)c1-c1nnnn1C1(C(=O)O)CCC1. The van der Waals surface area contributed by atoms with Gasteiger partial charge >= 0.3 is 5.97 Å². The number of methoxy groups -OCH3 is 1. The van der Waals surface area contributed by atoms with E-state index in [0.29, 0.717) is 12.8 Å². The van der Waals surface area contributed by atoms with Gasteiger partial charge in [-0.3, -0.25) is 0 Å². The Morgan fingerprint density at radius 3 is 2.81 bits per heavy atom. The van der Waals surface area contributed by atoms with E-state index in [4.69, 9.17) is 4.74 Å². The summed E-state index contributed by atoms with van der Waals surface area (Å²) < 4.78 is 20.5. The van der Waals surface area contributed by atoms with Crippen LogP contribution in [0.3, 0.4) is 0 Å². The summed E-state index contributed by atoms with van der Waals surface area (Å²) in [6, 6.07) is 4.33. The number of hydrogen-bond acceptors (Lipinski definition) is 5. The van der Waals surface area contributed by atoms with Crippen molar-refractivity contribution in [3.8, 4) is 17.1 Å². The molecule has 1 aromatic carbocycles. The second-order valence-corrected chi connectivity index (χ2v) is 4.92. The van der Waals surface area contributed by atoms with Crippen LogP contribution in [0, 0.1) is 5.82 Å². The molecule has 1 aliphatic carbocycles. The minimum atomic E-state index is -1.20. The number of aliphatic carboxylic acids is 1. The summed E-state index contributed by atoms with van der Waals surface area (Å²) in [6.07, 6.45) is 1.59. The van der Waals surface area contributed by atoms with Crippen LogP contribution in [0.15, 0.2) is 18.2 Å². The van der Waals surface area contributed by atoms with Crippen molar-refractivity contribution < 1.29 is 19.0 Å². The molecule has 1 fully saturated rings. The number of carboxylic acid groups (broad SMARTS) is 1. The van der Waals surface area contributed by atoms with E-state index in [1.54, 1.807) is 6.07 Å². The van der Waals surface area contributed by atoms with Gasteiger partial charge in [0.2, 0.25) is 0 Å². The highest BCUT2D eigenvalue weighted by Crippen LogP contribution is 2.42. The molecule has 21 heavy (non-hydrogen) atoms. The van der Waals surface area contributed by atoms with Crippen molar-refractivity contribution in [1.29, 1.82) is 0 Å². The average Bonchev–Trinajstić information content (AvgIpc) is 2.85. The van der Waals surface area contributed by atoms with Gasteiger partial charge in [-0.05, 0) is 41.8 Å². The van der Waals surface area contributed by atoms with Crippen LogP contribution in [-0.4, -0.2) is 38.4 Å². The molecule has 0 atom stereocenters. The smallest absolute Gasteiger partial charge is 0.331 e. The minimum Gasteiger partial charge on any atom is -0.496 e. The van der Waals surface area contributed by atoms with E-state index in [9.17, 15) is 14.3 Å². The van der Waals surface area contributed by atoms with E-state index < -0.39 is 17.3 Å². The van der Waals surface area contributed by atoms with Crippen molar-refractivity contribution in [2.75, 3.05) is 7.11 Å². The normalized spacial score (nSPS) is 16.3. The zero-order valence-electron chi connectivity index (χ0n) is 11.3. The monoisotopic (exact) mass is 292 g/mol. The fourth-order valence-electron chi connectivity index (χ4n) is 2.55. The Morgan fingerprint density at radius 2 is 2.24 bits per heavy atom. The predicted octanol–water partition coefficient (Wildman–Crippen LogP) is 1.45. The number of aromatic nitrogens is 4. The van der Waals surface area contributed by atoms with Crippen molar-refractivity contribution >= 4 is 5.97 Å². The Hall–Kier alpha value is -2.51. The lowest BCUT2D eigenvalue weighted by atomic mass is 9.76. The second kappa shape index (κ2) is 4.80. The van der Waals surface area contributed by atoms with Gasteiger partial charge in [0, 0.05) is 0 Å². The van der Waals surface area contributed by atoms with E-state index >= 15 is 0 Å². The van der Waals surface area contributed by atoms with Crippen molar-refractivity contribution in [3.63, 3.8) is 0 Å². The number of benzene rings is 1. The molecular formula is C13H13FN4O3. The standard InChI is InChI=1S/C13H13FN4O3/c1-21-9-5-2-4-8(14)10(9)11-15-16-17-18(11)13(12(19)20)6-3-7-13/h2,4-5H,3,6-7H2,1H3,(H,19,20). The predicted molar refractivity (Wildman–Crippen MR) is 69.2 cm³/mol. The first-order valence-electron chi connectivity index (χ1n) is 6.45. The first-order chi connectivity index (χ1) is 10.1. The molecular weight excluding hydrogens is 279 g/mol. The van der Waals surface area contributed by atoms with E-state index in [1.165, 1.54) is 23.9 Å². The van der Waals surface area contributed by atoms with Gasteiger partial charge in [-0.1, -0.05) is 6.07 Å². The summed E-state index contributed by atoms with van der Waals surface area (Å²) in [7, 11) is 1.41. The van der Waals surface area contributed by atoms with E-state index in [2.05, 4.69) is 15.5 Å². The Bertz CT molecular complexity index is 696. The molecule has 1 saturated carbocycles. The van der Waals surface area contributed by atoms with E-state index in [0.717, 1.165) is 6.42 Å². The van der Waals surface area contributed by atoms with E-state index in [-0.39, 0.29) is 17.1 Å². The molecule has 1 N–H and O–H groups in total. The molecule has 1 heterocycles. The molecule has 2 aromatic rings. The summed E-state index contributed by atoms with van der Waals surface area (Å²) in [6.45, 7) is 0. The summed E-state index contributed by atoms with van der Waals surface area (Å²) in [5, 5.41) is 20.6. The zero-order chi connectivity index (χ0) is 15.0. The minimum absolute atomic E-state index is 0.0621. The molecule has 0 radical (unpaired) electrons. The Balaban J connectivity index is 2.19. The molecule has 0 spiro atoms. The highest BCUT2D eigenvalue weighted by Gasteiger charge is 2.49. The highest BCUT2D eigenvalue weighted by molar-refractivity contribution is 5.79. The van der Waals surface area contributed by atoms with Gasteiger partial charge in [0.05, 0.1) is 12.7 Å². The Morgan fingerprint density at radius 1 is 1.48 bits per heavy atom. The van der Waals surface area contributed by atoms with Gasteiger partial charge in [-0.2, -0.15) is 0 Å². The summed E-state index contributed by atoms with van der Waals surface area (Å²) in [4.78, 5) is 11.6. The summed E-state index contributed by atoms with van der Waals surface area (Å²) in [5.41, 5.74) is -1.14. The van der Waals surface area contributed by atoms with Crippen LogP contribution < -0.4 is 4.74 Å². The summed E-state index contributed by atoms with van der Waals surface area (Å²) >= 11 is 0. The fourth-order valence-corrected chi connectivity index (χ4v) is 2.55. The topological polar surface area (TPSA) is 90.1 Å². The molecule has 110 valence electrons. The van der Waals surface area contributed by atoms with Crippen LogP contribution in [0.5, 0.6) is 5.75 Å². The van der Waals surface area contributed by atoms with Gasteiger partial charge in [-0.25, -0.2) is 13.9 Å². The van der Waals surface area contributed by atoms with Crippen LogP contribution in [0.1, 0.15) is 19.3 Å². The molecule has 1 aliphatic rings. The first-order valence-corrected chi connectivity index (χ1v) is 6.45. The van der Waals surface area contributed by atoms with Crippen LogP contribution in [0.25, 0.3) is 11.4 Å². The van der Waals surface area contributed by atoms with Crippen molar-refractivity contribution in [2.24, 2.45) is 0 Å². The molecule has 7 nitrogen and oxygen atoms in total. The van der Waals surface area contributed by atoms with Crippen LogP contribution in [-0.2, 0) is 10.3 Å². The second-order valence-electron chi connectivity index (χ2n) is 4.92. The highest BCUT2D eigenvalue weighted by atomic mass is 19.1. The number of tetrazole rings is 1. The van der Waals surface area contributed by atoms with Gasteiger partial charge in [0.15, 0.2) is 11.4 Å². The van der Waals surface area contributed by atoms with Gasteiger partial charge < -0.3 is 9.84 Å². The quantitative estimate of drug-likeness (QED) is 0.917. The third kappa shape index (κ3) is 1.86. The van der Waals surface area contributed by atoms with Crippen LogP contribution in [0.4, 0.5) is 4.39 Å². The lowest BCUT2D eigenvalue weighted by molar-refractivity contribution is -0.153. The average molecular weight is 292 g/mol. The van der Waals surface area contributed by atoms with Crippen LogP contribution >= 0.6 is 0 Å².